The fourth-order valence-corrected chi connectivity index (χ4v) is 3.14. The van der Waals surface area contributed by atoms with Crippen LogP contribution in [-0.2, 0) is 4.65 Å². The minimum atomic E-state index is -0.810. The molecule has 0 bridgehead atoms. The van der Waals surface area contributed by atoms with Gasteiger partial charge < -0.3 is 14.4 Å². The van der Waals surface area contributed by atoms with Crippen LogP contribution < -0.4 is 10.2 Å². The van der Waals surface area contributed by atoms with Gasteiger partial charge in [-0.25, -0.2) is 0 Å². The summed E-state index contributed by atoms with van der Waals surface area (Å²) in [4.78, 5) is 0. The second-order valence-corrected chi connectivity index (χ2v) is 5.39. The first kappa shape index (κ1) is 13.2. The van der Waals surface area contributed by atoms with Crippen LogP contribution in [0, 0.1) is 3.57 Å². The molecule has 2 rings (SSSR count). The predicted octanol–water partition coefficient (Wildman–Crippen LogP) is 2.25. The summed E-state index contributed by atoms with van der Waals surface area (Å²) in [6.45, 7) is 2.16. The lowest BCUT2D eigenvalue weighted by Gasteiger charge is -2.13. The average Bonchev–Trinajstić information content (AvgIpc) is 2.64. The van der Waals surface area contributed by atoms with Crippen LogP contribution in [0.2, 0.25) is 0 Å². The second-order valence-electron chi connectivity index (χ2n) is 4.23. The fourth-order valence-electron chi connectivity index (χ4n) is 2.17. The molecule has 0 fully saturated rings. The van der Waals surface area contributed by atoms with Crippen molar-refractivity contribution in [1.29, 1.82) is 0 Å². The first-order valence-electron chi connectivity index (χ1n) is 5.88. The molecule has 3 nitrogen and oxygen atoms in total. The van der Waals surface area contributed by atoms with Crippen LogP contribution in [0.5, 0.6) is 5.75 Å². The molecule has 1 aliphatic heterocycles. The van der Waals surface area contributed by atoms with Gasteiger partial charge in [0.05, 0.1) is 13.2 Å². The molecule has 0 amide bonds. The Morgan fingerprint density at radius 1 is 1.53 bits per heavy atom. The Morgan fingerprint density at radius 2 is 2.29 bits per heavy atom. The lowest BCUT2D eigenvalue weighted by Crippen LogP contribution is -2.28. The third-order valence-corrected chi connectivity index (χ3v) is 3.96. The van der Waals surface area contributed by atoms with E-state index in [1.165, 1.54) is 0 Å². The summed E-state index contributed by atoms with van der Waals surface area (Å²) >= 11 is 2.28. The number of unbranched alkanes of at least 4 members (excludes halogenated alkanes) is 1. The van der Waals surface area contributed by atoms with Crippen LogP contribution >= 0.6 is 22.6 Å². The number of ether oxygens (including phenoxy) is 1. The summed E-state index contributed by atoms with van der Waals surface area (Å²) in [5.41, 5.74) is 1.99. The molecular formula is C12H16BIO3. The Bertz CT molecular complexity index is 411. The molecule has 0 aromatic heterocycles. The molecule has 0 saturated carbocycles. The number of halogens is 1. The maximum absolute atomic E-state index is 9.91. The van der Waals surface area contributed by atoms with Gasteiger partial charge in [-0.3, -0.25) is 0 Å². The van der Waals surface area contributed by atoms with E-state index in [4.69, 9.17) is 9.39 Å². The maximum atomic E-state index is 9.91. The van der Waals surface area contributed by atoms with Crippen molar-refractivity contribution in [1.82, 2.24) is 0 Å². The quantitative estimate of drug-likeness (QED) is 0.672. The van der Waals surface area contributed by atoms with Crippen LogP contribution in [-0.4, -0.2) is 19.3 Å². The van der Waals surface area contributed by atoms with Crippen molar-refractivity contribution in [2.45, 2.75) is 32.3 Å². The molecule has 0 saturated heterocycles. The van der Waals surface area contributed by atoms with E-state index in [0.717, 1.165) is 39.6 Å². The normalized spacial score (nSPS) is 18.4. The van der Waals surface area contributed by atoms with Crippen molar-refractivity contribution in [3.63, 3.8) is 0 Å². The zero-order chi connectivity index (χ0) is 12.4. The van der Waals surface area contributed by atoms with E-state index >= 15 is 0 Å². The van der Waals surface area contributed by atoms with Crippen molar-refractivity contribution in [3.05, 3.63) is 21.3 Å². The van der Waals surface area contributed by atoms with Crippen molar-refractivity contribution in [2.24, 2.45) is 0 Å². The largest absolute Gasteiger partial charge is 0.497 e. The van der Waals surface area contributed by atoms with Gasteiger partial charge in [-0.15, -0.1) is 0 Å². The Balaban J connectivity index is 2.33. The van der Waals surface area contributed by atoms with Crippen LogP contribution in [0.3, 0.4) is 0 Å². The van der Waals surface area contributed by atoms with E-state index in [-0.39, 0.29) is 6.10 Å². The summed E-state index contributed by atoms with van der Waals surface area (Å²) in [6.07, 6.45) is 3.23. The van der Waals surface area contributed by atoms with Gasteiger partial charge in [0.2, 0.25) is 0 Å². The van der Waals surface area contributed by atoms with Crippen LogP contribution in [0.15, 0.2) is 12.1 Å². The van der Waals surface area contributed by atoms with E-state index in [1.54, 1.807) is 7.11 Å². The topological polar surface area (TPSA) is 38.7 Å². The van der Waals surface area contributed by atoms with Gasteiger partial charge in [-0.05, 0) is 52.2 Å². The first-order valence-corrected chi connectivity index (χ1v) is 6.96. The molecule has 92 valence electrons. The molecule has 0 spiro atoms. The maximum Gasteiger partial charge on any atom is 0.492 e. The Labute approximate surface area is 116 Å². The highest BCUT2D eigenvalue weighted by Gasteiger charge is 2.36. The van der Waals surface area contributed by atoms with Crippen LogP contribution in [0.1, 0.15) is 37.9 Å². The van der Waals surface area contributed by atoms with Gasteiger partial charge in [0.15, 0.2) is 0 Å². The Hall–Kier alpha value is -0.265. The van der Waals surface area contributed by atoms with Crippen molar-refractivity contribution in [2.75, 3.05) is 7.11 Å². The lowest BCUT2D eigenvalue weighted by atomic mass is 9.79. The highest BCUT2D eigenvalue weighted by Crippen LogP contribution is 2.33. The number of fused-ring (bicyclic) bond motifs is 1. The molecule has 1 N–H and O–H groups in total. The predicted molar refractivity (Wildman–Crippen MR) is 76.7 cm³/mol. The number of rotatable bonds is 4. The highest BCUT2D eigenvalue weighted by atomic mass is 127. The highest BCUT2D eigenvalue weighted by molar-refractivity contribution is 14.1. The number of benzene rings is 1. The minimum absolute atomic E-state index is 0.0257. The smallest absolute Gasteiger partial charge is 0.492 e. The SMILES string of the molecule is CCCCC1OB(O)c2cc(OC)cc(I)c21. The molecule has 5 heteroatoms. The molecule has 1 atom stereocenters. The number of hydrogen-bond donors (Lipinski definition) is 1. The van der Waals surface area contributed by atoms with Gasteiger partial charge in [-0.1, -0.05) is 19.8 Å². The molecule has 17 heavy (non-hydrogen) atoms. The van der Waals surface area contributed by atoms with Crippen molar-refractivity contribution >= 4 is 35.2 Å². The zero-order valence-electron chi connectivity index (χ0n) is 10.1. The average molecular weight is 346 g/mol. The van der Waals surface area contributed by atoms with Gasteiger partial charge in [0.1, 0.15) is 5.75 Å². The minimum Gasteiger partial charge on any atom is -0.497 e. The summed E-state index contributed by atoms with van der Waals surface area (Å²) in [6, 6.07) is 3.86. The molecule has 1 unspecified atom stereocenters. The molecule has 1 aromatic rings. The van der Waals surface area contributed by atoms with Crippen molar-refractivity contribution in [3.8, 4) is 5.75 Å². The third kappa shape index (κ3) is 2.61. The summed E-state index contributed by atoms with van der Waals surface area (Å²) in [5, 5.41) is 9.91. The summed E-state index contributed by atoms with van der Waals surface area (Å²) in [7, 11) is 0.824. The monoisotopic (exact) mass is 346 g/mol. The van der Waals surface area contributed by atoms with E-state index in [0.29, 0.717) is 0 Å². The van der Waals surface area contributed by atoms with Gasteiger partial charge >= 0.3 is 7.12 Å². The molecule has 0 aliphatic carbocycles. The third-order valence-electron chi connectivity index (χ3n) is 3.07. The van der Waals surface area contributed by atoms with E-state index in [1.807, 2.05) is 12.1 Å². The van der Waals surface area contributed by atoms with E-state index in [2.05, 4.69) is 29.5 Å². The standard InChI is InChI=1S/C12H16BIO3/c1-3-4-5-11-12-9(13(15)17-11)6-8(16-2)7-10(12)14/h6-7,11,15H,3-5H2,1-2H3. The molecule has 1 aliphatic rings. The van der Waals surface area contributed by atoms with Gasteiger partial charge in [0, 0.05) is 3.57 Å². The zero-order valence-corrected chi connectivity index (χ0v) is 12.2. The molecule has 1 aromatic carbocycles. The molecular weight excluding hydrogens is 330 g/mol. The van der Waals surface area contributed by atoms with Crippen LogP contribution in [0.4, 0.5) is 0 Å². The van der Waals surface area contributed by atoms with E-state index < -0.39 is 7.12 Å². The first-order chi connectivity index (χ1) is 8.17. The molecule has 1 heterocycles. The fraction of sp³-hybridized carbons (Fsp3) is 0.500. The van der Waals surface area contributed by atoms with Gasteiger partial charge in [-0.2, -0.15) is 0 Å². The summed E-state index contributed by atoms with van der Waals surface area (Å²) < 4.78 is 11.9. The van der Waals surface area contributed by atoms with Crippen molar-refractivity contribution < 1.29 is 14.4 Å². The summed E-state index contributed by atoms with van der Waals surface area (Å²) in [5.74, 6) is 0.770. The molecule has 0 radical (unpaired) electrons. The van der Waals surface area contributed by atoms with E-state index in [9.17, 15) is 5.02 Å². The second kappa shape index (κ2) is 5.58. The number of hydrogen-bond acceptors (Lipinski definition) is 3. The Morgan fingerprint density at radius 3 is 2.94 bits per heavy atom. The number of methoxy groups -OCH3 is 1. The lowest BCUT2D eigenvalue weighted by molar-refractivity contribution is 0.177. The van der Waals surface area contributed by atoms with Gasteiger partial charge in [0.25, 0.3) is 0 Å². The van der Waals surface area contributed by atoms with Crippen LogP contribution in [0.25, 0.3) is 0 Å². The Kier molecular flexibility index (Phi) is 4.33.